The molecule has 0 atom stereocenters. The van der Waals surface area contributed by atoms with E-state index in [2.05, 4.69) is 25.1 Å². The second-order valence-corrected chi connectivity index (χ2v) is 3.71. The van der Waals surface area contributed by atoms with Gasteiger partial charge < -0.3 is 10.1 Å². The zero-order valence-corrected chi connectivity index (χ0v) is 10.3. The van der Waals surface area contributed by atoms with Crippen LogP contribution in [0, 0.1) is 6.92 Å². The first-order valence-electron chi connectivity index (χ1n) is 5.29. The Hall–Kier alpha value is -2.44. The van der Waals surface area contributed by atoms with Gasteiger partial charge in [0.15, 0.2) is 5.82 Å². The van der Waals surface area contributed by atoms with Crippen LogP contribution in [0.15, 0.2) is 18.3 Å². The third-order valence-corrected chi connectivity index (χ3v) is 2.19. The number of aryl methyl sites for hydroxylation is 2. The van der Waals surface area contributed by atoms with E-state index in [0.29, 0.717) is 17.3 Å². The van der Waals surface area contributed by atoms with Gasteiger partial charge in [0, 0.05) is 31.1 Å². The molecule has 2 aromatic heterocycles. The second kappa shape index (κ2) is 4.82. The summed E-state index contributed by atoms with van der Waals surface area (Å²) in [6.07, 6.45) is 1.80. The third-order valence-electron chi connectivity index (χ3n) is 2.19. The molecule has 0 unspecified atom stereocenters. The number of nitrogens with one attached hydrogen (secondary N) is 1. The van der Waals surface area contributed by atoms with E-state index in [1.54, 1.807) is 29.9 Å². The Morgan fingerprint density at radius 3 is 2.78 bits per heavy atom. The van der Waals surface area contributed by atoms with Crippen molar-refractivity contribution in [1.29, 1.82) is 0 Å². The molecule has 0 aliphatic carbocycles. The van der Waals surface area contributed by atoms with Gasteiger partial charge in [-0.3, -0.25) is 4.68 Å². The van der Waals surface area contributed by atoms with Crippen LogP contribution >= 0.6 is 0 Å². The number of anilines is 2. The number of esters is 1. The molecule has 0 bridgehead atoms. The standard InChI is InChI=1S/C11H13N5O2/c1-7-6-9(13-8-4-5-16(2)15-8)14-10(12-7)11(17)18-3/h4-6H,1-3H3,(H,12,13,14,15). The summed E-state index contributed by atoms with van der Waals surface area (Å²) in [5.74, 6) is 0.603. The molecule has 7 nitrogen and oxygen atoms in total. The maximum atomic E-state index is 11.4. The van der Waals surface area contributed by atoms with E-state index in [0.717, 1.165) is 0 Å². The highest BCUT2D eigenvalue weighted by molar-refractivity contribution is 5.85. The van der Waals surface area contributed by atoms with Gasteiger partial charge in [-0.15, -0.1) is 0 Å². The first kappa shape index (κ1) is 12.0. The maximum Gasteiger partial charge on any atom is 0.376 e. The first-order valence-corrected chi connectivity index (χ1v) is 5.29. The lowest BCUT2D eigenvalue weighted by atomic mass is 10.4. The highest BCUT2D eigenvalue weighted by Crippen LogP contribution is 2.13. The Morgan fingerprint density at radius 1 is 1.39 bits per heavy atom. The van der Waals surface area contributed by atoms with Crippen LogP contribution in [-0.2, 0) is 11.8 Å². The van der Waals surface area contributed by atoms with Gasteiger partial charge in [0.05, 0.1) is 7.11 Å². The fourth-order valence-electron chi connectivity index (χ4n) is 1.43. The lowest BCUT2D eigenvalue weighted by molar-refractivity contribution is 0.0586. The first-order chi connectivity index (χ1) is 8.58. The average molecular weight is 247 g/mol. The van der Waals surface area contributed by atoms with Gasteiger partial charge in [0.2, 0.25) is 5.82 Å². The lowest BCUT2D eigenvalue weighted by Crippen LogP contribution is -2.10. The van der Waals surface area contributed by atoms with E-state index in [1.807, 2.05) is 7.05 Å². The zero-order valence-electron chi connectivity index (χ0n) is 10.3. The minimum absolute atomic E-state index is 0.0240. The Morgan fingerprint density at radius 2 is 2.17 bits per heavy atom. The van der Waals surface area contributed by atoms with Crippen LogP contribution in [0.25, 0.3) is 0 Å². The Labute approximate surface area is 104 Å². The molecule has 2 aromatic rings. The quantitative estimate of drug-likeness (QED) is 0.816. The highest BCUT2D eigenvalue weighted by atomic mass is 16.5. The van der Waals surface area contributed by atoms with Crippen molar-refractivity contribution < 1.29 is 9.53 Å². The molecule has 2 rings (SSSR count). The monoisotopic (exact) mass is 247 g/mol. The van der Waals surface area contributed by atoms with Gasteiger partial charge in [-0.2, -0.15) is 5.10 Å². The molecule has 0 fully saturated rings. The number of aromatic nitrogens is 4. The molecule has 94 valence electrons. The molecule has 18 heavy (non-hydrogen) atoms. The van der Waals surface area contributed by atoms with Crippen LogP contribution in [0.3, 0.4) is 0 Å². The highest BCUT2D eigenvalue weighted by Gasteiger charge is 2.11. The molecule has 0 saturated carbocycles. The molecule has 0 aliphatic rings. The lowest BCUT2D eigenvalue weighted by Gasteiger charge is -2.05. The van der Waals surface area contributed by atoms with Crippen molar-refractivity contribution >= 4 is 17.6 Å². The van der Waals surface area contributed by atoms with Crippen LogP contribution in [0.4, 0.5) is 11.6 Å². The molecule has 0 saturated heterocycles. The van der Waals surface area contributed by atoms with E-state index in [9.17, 15) is 4.79 Å². The van der Waals surface area contributed by atoms with Gasteiger partial charge >= 0.3 is 5.97 Å². The number of rotatable bonds is 3. The van der Waals surface area contributed by atoms with Crippen LogP contribution in [0.1, 0.15) is 16.3 Å². The molecule has 0 spiro atoms. The minimum atomic E-state index is -0.567. The molecule has 0 aromatic carbocycles. The van der Waals surface area contributed by atoms with Gasteiger partial charge in [-0.1, -0.05) is 0 Å². The van der Waals surface area contributed by atoms with Crippen molar-refractivity contribution in [2.45, 2.75) is 6.92 Å². The SMILES string of the molecule is COC(=O)c1nc(C)cc(Nc2ccn(C)n2)n1. The van der Waals surface area contributed by atoms with Gasteiger partial charge in [0.25, 0.3) is 0 Å². The van der Waals surface area contributed by atoms with Crippen LogP contribution in [0.5, 0.6) is 0 Å². The number of methoxy groups -OCH3 is 1. The number of ether oxygens (including phenoxy) is 1. The van der Waals surface area contributed by atoms with Crippen LogP contribution in [0.2, 0.25) is 0 Å². The Balaban J connectivity index is 2.28. The second-order valence-electron chi connectivity index (χ2n) is 3.71. The number of hydrogen-bond acceptors (Lipinski definition) is 6. The fourth-order valence-corrected chi connectivity index (χ4v) is 1.43. The number of carbonyl (C=O) groups is 1. The average Bonchev–Trinajstić information content (AvgIpc) is 2.73. The Bertz CT molecular complexity index is 579. The van der Waals surface area contributed by atoms with Crippen LogP contribution in [-0.4, -0.2) is 32.8 Å². The van der Waals surface area contributed by atoms with E-state index < -0.39 is 5.97 Å². The number of nitrogens with zero attached hydrogens (tertiary/aromatic N) is 4. The summed E-state index contributed by atoms with van der Waals surface area (Å²) < 4.78 is 6.25. The molecule has 0 amide bonds. The van der Waals surface area contributed by atoms with Gasteiger partial charge in [-0.05, 0) is 6.92 Å². The van der Waals surface area contributed by atoms with Crippen molar-refractivity contribution in [3.63, 3.8) is 0 Å². The number of hydrogen-bond donors (Lipinski definition) is 1. The Kier molecular flexibility index (Phi) is 3.22. The van der Waals surface area contributed by atoms with E-state index in [1.165, 1.54) is 7.11 Å². The number of carbonyl (C=O) groups excluding carboxylic acids is 1. The smallest absolute Gasteiger partial charge is 0.376 e. The summed E-state index contributed by atoms with van der Waals surface area (Å²) in [5.41, 5.74) is 0.670. The fraction of sp³-hybridized carbons (Fsp3) is 0.273. The molecule has 7 heteroatoms. The molecular weight excluding hydrogens is 234 g/mol. The van der Waals surface area contributed by atoms with Crippen molar-refractivity contribution in [2.75, 3.05) is 12.4 Å². The summed E-state index contributed by atoms with van der Waals surface area (Å²) in [7, 11) is 3.11. The molecular formula is C11H13N5O2. The van der Waals surface area contributed by atoms with E-state index in [4.69, 9.17) is 0 Å². The predicted molar refractivity (Wildman–Crippen MR) is 64.6 cm³/mol. The molecule has 0 radical (unpaired) electrons. The van der Waals surface area contributed by atoms with Crippen molar-refractivity contribution in [2.24, 2.45) is 7.05 Å². The normalized spacial score (nSPS) is 10.2. The largest absolute Gasteiger partial charge is 0.463 e. The molecule has 2 heterocycles. The van der Waals surface area contributed by atoms with Crippen molar-refractivity contribution in [1.82, 2.24) is 19.7 Å². The summed E-state index contributed by atoms with van der Waals surface area (Å²) in [5, 5.41) is 7.15. The summed E-state index contributed by atoms with van der Waals surface area (Å²) in [6, 6.07) is 3.52. The summed E-state index contributed by atoms with van der Waals surface area (Å²) in [6.45, 7) is 1.78. The van der Waals surface area contributed by atoms with E-state index in [-0.39, 0.29) is 5.82 Å². The molecule has 0 aliphatic heterocycles. The van der Waals surface area contributed by atoms with Crippen molar-refractivity contribution in [3.05, 3.63) is 29.8 Å². The maximum absolute atomic E-state index is 11.4. The van der Waals surface area contributed by atoms with Gasteiger partial charge in [-0.25, -0.2) is 14.8 Å². The molecule has 1 N–H and O–H groups in total. The van der Waals surface area contributed by atoms with E-state index >= 15 is 0 Å². The minimum Gasteiger partial charge on any atom is -0.463 e. The summed E-state index contributed by atoms with van der Waals surface area (Å²) in [4.78, 5) is 19.4. The topological polar surface area (TPSA) is 81.9 Å². The summed E-state index contributed by atoms with van der Waals surface area (Å²) >= 11 is 0. The van der Waals surface area contributed by atoms with Crippen molar-refractivity contribution in [3.8, 4) is 0 Å². The van der Waals surface area contributed by atoms with Gasteiger partial charge in [0.1, 0.15) is 5.82 Å². The third kappa shape index (κ3) is 2.62. The predicted octanol–water partition coefficient (Wildman–Crippen LogP) is 1.05. The zero-order chi connectivity index (χ0) is 13.1. The van der Waals surface area contributed by atoms with Crippen LogP contribution < -0.4 is 5.32 Å².